The van der Waals surface area contributed by atoms with Crippen LogP contribution in [-0.2, 0) is 16.8 Å². The van der Waals surface area contributed by atoms with Crippen LogP contribution in [0, 0.1) is 17.8 Å². The van der Waals surface area contributed by atoms with Crippen LogP contribution in [0.15, 0.2) is 65.6 Å². The van der Waals surface area contributed by atoms with Crippen molar-refractivity contribution >= 4 is 39.8 Å². The largest absolute Gasteiger partial charge is 0.496 e. The number of benzene rings is 3. The van der Waals surface area contributed by atoms with Gasteiger partial charge in [0.25, 0.3) is 11.1 Å². The molecule has 5 aliphatic rings. The first kappa shape index (κ1) is 23.1. The minimum atomic E-state index is -0.231. The molecule has 4 nitrogen and oxygen atoms in total. The summed E-state index contributed by atoms with van der Waals surface area (Å²) in [5.41, 5.74) is 3.49. The van der Waals surface area contributed by atoms with Gasteiger partial charge >= 0.3 is 0 Å². The summed E-state index contributed by atoms with van der Waals surface area (Å²) in [5, 5.41) is 2.03. The number of amides is 2. The highest BCUT2D eigenvalue weighted by Crippen LogP contribution is 2.61. The van der Waals surface area contributed by atoms with Crippen molar-refractivity contribution in [1.82, 2.24) is 4.90 Å². The normalized spacial score (nSPS) is 29.6. The molecule has 3 aromatic carbocycles. The van der Waals surface area contributed by atoms with Gasteiger partial charge in [0.2, 0.25) is 0 Å². The van der Waals surface area contributed by atoms with E-state index < -0.39 is 0 Å². The maximum absolute atomic E-state index is 13.4. The molecule has 4 saturated carbocycles. The van der Waals surface area contributed by atoms with Crippen molar-refractivity contribution < 1.29 is 14.3 Å². The number of carbonyl (C=O) groups excluding carboxylic acids is 2. The number of ether oxygens (including phenoxy) is 1. The molecule has 37 heavy (non-hydrogen) atoms. The van der Waals surface area contributed by atoms with Crippen LogP contribution in [0.25, 0.3) is 16.8 Å². The van der Waals surface area contributed by atoms with Crippen molar-refractivity contribution in [2.75, 3.05) is 7.11 Å². The summed E-state index contributed by atoms with van der Waals surface area (Å²) in [4.78, 5) is 28.1. The fraction of sp³-hybridized carbons (Fsp3) is 0.375. The zero-order valence-electron chi connectivity index (χ0n) is 21.1. The molecule has 4 bridgehead atoms. The lowest BCUT2D eigenvalue weighted by molar-refractivity contribution is -0.123. The van der Waals surface area contributed by atoms with Gasteiger partial charge in [-0.25, -0.2) is 0 Å². The quantitative estimate of drug-likeness (QED) is 0.333. The van der Waals surface area contributed by atoms with Gasteiger partial charge in [0, 0.05) is 5.56 Å². The molecular formula is C32H31NO3S. The van der Waals surface area contributed by atoms with E-state index >= 15 is 0 Å². The third-order valence-corrected chi connectivity index (χ3v) is 10.1. The second-order valence-corrected chi connectivity index (χ2v) is 12.6. The smallest absolute Gasteiger partial charge is 0.293 e. The summed E-state index contributed by atoms with van der Waals surface area (Å²) in [6.45, 7) is 0.275. The minimum absolute atomic E-state index is 0.222. The first-order valence-electron chi connectivity index (χ1n) is 13.4. The predicted molar refractivity (Wildman–Crippen MR) is 148 cm³/mol. The fourth-order valence-electron chi connectivity index (χ4n) is 7.94. The number of hydrogen-bond acceptors (Lipinski definition) is 4. The van der Waals surface area contributed by atoms with Crippen LogP contribution >= 0.6 is 11.8 Å². The number of rotatable bonds is 5. The van der Waals surface area contributed by atoms with Crippen molar-refractivity contribution in [3.63, 3.8) is 0 Å². The number of fused-ring (bicyclic) bond motifs is 1. The molecule has 0 aromatic heterocycles. The average Bonchev–Trinajstić information content (AvgIpc) is 3.15. The zero-order chi connectivity index (χ0) is 25.1. The molecular weight excluding hydrogens is 478 g/mol. The SMILES string of the molecule is COc1ccc(C23CC4CC(CC(C4)C2)C3)cc1/C=C1\SC(=O)N(Cc2ccc3ccccc3c2)C1=O. The molecule has 8 rings (SSSR count). The molecule has 0 atom stereocenters. The third kappa shape index (κ3) is 3.99. The molecule has 1 heterocycles. The summed E-state index contributed by atoms with van der Waals surface area (Å²) in [7, 11) is 1.67. The zero-order valence-corrected chi connectivity index (χ0v) is 21.9. The summed E-state index contributed by atoms with van der Waals surface area (Å²) in [6, 6.07) is 20.8. The summed E-state index contributed by atoms with van der Waals surface area (Å²) < 4.78 is 5.69. The molecule has 2 amide bonds. The summed E-state index contributed by atoms with van der Waals surface area (Å²) in [6.07, 6.45) is 9.95. The number of carbonyl (C=O) groups is 2. The van der Waals surface area contributed by atoms with Crippen molar-refractivity contribution in [3.05, 3.63) is 82.3 Å². The van der Waals surface area contributed by atoms with Gasteiger partial charge in [-0.05, 0) is 120 Å². The van der Waals surface area contributed by atoms with Crippen molar-refractivity contribution in [2.45, 2.75) is 50.5 Å². The Morgan fingerprint density at radius 2 is 1.62 bits per heavy atom. The van der Waals surface area contributed by atoms with Crippen molar-refractivity contribution in [1.29, 1.82) is 0 Å². The lowest BCUT2D eigenvalue weighted by Gasteiger charge is -2.57. The van der Waals surface area contributed by atoms with E-state index in [1.807, 2.05) is 30.3 Å². The van der Waals surface area contributed by atoms with Crippen molar-refractivity contribution in [2.24, 2.45) is 17.8 Å². The molecule has 5 heteroatoms. The highest BCUT2D eigenvalue weighted by atomic mass is 32.2. The third-order valence-electron chi connectivity index (χ3n) is 9.20. The lowest BCUT2D eigenvalue weighted by atomic mass is 9.48. The number of nitrogens with zero attached hydrogens (tertiary/aromatic N) is 1. The minimum Gasteiger partial charge on any atom is -0.496 e. The van der Waals surface area contributed by atoms with E-state index in [-0.39, 0.29) is 23.1 Å². The van der Waals surface area contributed by atoms with Gasteiger partial charge in [-0.3, -0.25) is 14.5 Å². The molecule has 4 aliphatic carbocycles. The Hall–Kier alpha value is -3.05. The first-order valence-corrected chi connectivity index (χ1v) is 14.2. The van der Waals surface area contributed by atoms with Gasteiger partial charge in [-0.1, -0.05) is 42.5 Å². The summed E-state index contributed by atoms with van der Waals surface area (Å²) in [5.74, 6) is 3.11. The van der Waals surface area contributed by atoms with Crippen LogP contribution in [0.2, 0.25) is 0 Å². The van der Waals surface area contributed by atoms with E-state index in [1.54, 1.807) is 7.11 Å². The maximum Gasteiger partial charge on any atom is 0.293 e. The summed E-state index contributed by atoms with van der Waals surface area (Å²) >= 11 is 1.03. The van der Waals surface area contributed by atoms with E-state index in [4.69, 9.17) is 4.74 Å². The Balaban J connectivity index is 1.18. The van der Waals surface area contributed by atoms with Crippen LogP contribution in [-0.4, -0.2) is 23.2 Å². The number of hydrogen-bond donors (Lipinski definition) is 0. The van der Waals surface area contributed by atoms with Crippen LogP contribution in [0.1, 0.15) is 55.2 Å². The van der Waals surface area contributed by atoms with E-state index in [1.165, 1.54) is 49.0 Å². The Bertz CT molecular complexity index is 1420. The van der Waals surface area contributed by atoms with Gasteiger partial charge in [0.15, 0.2) is 0 Å². The Morgan fingerprint density at radius 3 is 2.32 bits per heavy atom. The highest BCUT2D eigenvalue weighted by molar-refractivity contribution is 8.18. The fourth-order valence-corrected chi connectivity index (χ4v) is 8.77. The van der Waals surface area contributed by atoms with Crippen LogP contribution in [0.5, 0.6) is 5.75 Å². The maximum atomic E-state index is 13.4. The molecule has 1 aliphatic heterocycles. The molecule has 188 valence electrons. The van der Waals surface area contributed by atoms with E-state index in [2.05, 4.69) is 36.4 Å². The van der Waals surface area contributed by atoms with Crippen LogP contribution < -0.4 is 4.74 Å². The molecule has 0 spiro atoms. The first-order chi connectivity index (χ1) is 18.0. The Morgan fingerprint density at radius 1 is 0.919 bits per heavy atom. The number of thioether (sulfide) groups is 1. The molecule has 0 unspecified atom stereocenters. The van der Waals surface area contributed by atoms with E-state index in [9.17, 15) is 9.59 Å². The van der Waals surface area contributed by atoms with Crippen molar-refractivity contribution in [3.8, 4) is 5.75 Å². The Labute approximate surface area is 222 Å². The molecule has 1 saturated heterocycles. The van der Waals surface area contributed by atoms with Gasteiger partial charge in [0.05, 0.1) is 18.6 Å². The highest BCUT2D eigenvalue weighted by Gasteiger charge is 2.51. The van der Waals surface area contributed by atoms with E-state index in [0.717, 1.165) is 57.2 Å². The average molecular weight is 510 g/mol. The van der Waals surface area contributed by atoms with Gasteiger partial charge in [0.1, 0.15) is 5.75 Å². The van der Waals surface area contributed by atoms with Gasteiger partial charge in [-0.2, -0.15) is 0 Å². The molecule has 0 N–H and O–H groups in total. The monoisotopic (exact) mass is 509 g/mol. The molecule has 5 fully saturated rings. The number of methoxy groups -OCH3 is 1. The van der Waals surface area contributed by atoms with Crippen LogP contribution in [0.3, 0.4) is 0 Å². The second kappa shape index (κ2) is 8.76. The van der Waals surface area contributed by atoms with Gasteiger partial charge in [-0.15, -0.1) is 0 Å². The lowest BCUT2D eigenvalue weighted by Crippen LogP contribution is -2.48. The predicted octanol–water partition coefficient (Wildman–Crippen LogP) is 7.55. The Kier molecular flexibility index (Phi) is 5.47. The van der Waals surface area contributed by atoms with Crippen LogP contribution in [0.4, 0.5) is 4.79 Å². The second-order valence-electron chi connectivity index (χ2n) is 11.6. The van der Waals surface area contributed by atoms with Gasteiger partial charge < -0.3 is 4.74 Å². The molecule has 0 radical (unpaired) electrons. The number of imide groups is 1. The molecule has 3 aromatic rings. The standard InChI is InChI=1S/C32H31NO3S/c1-36-28-9-8-27(32-16-21-10-22(17-32)12-23(11-21)18-32)14-26(28)15-29-30(34)33(31(35)37-29)19-20-6-7-24-4-2-3-5-25(24)13-20/h2-9,13-15,21-23H,10-12,16-19H2,1H3/b29-15-. The van der Waals surface area contributed by atoms with E-state index in [0.29, 0.717) is 4.91 Å². The topological polar surface area (TPSA) is 46.6 Å².